The zero-order chi connectivity index (χ0) is 14.1. The van der Waals surface area contributed by atoms with Crippen LogP contribution < -0.4 is 5.73 Å². The van der Waals surface area contributed by atoms with Crippen molar-refractivity contribution in [2.75, 3.05) is 13.1 Å². The molecule has 0 saturated heterocycles. The minimum Gasteiger partial charge on any atom is -0.326 e. The van der Waals surface area contributed by atoms with Crippen LogP contribution in [0.25, 0.3) is 0 Å². The van der Waals surface area contributed by atoms with Gasteiger partial charge in [0.1, 0.15) is 0 Å². The van der Waals surface area contributed by atoms with Crippen LogP contribution in [-0.2, 0) is 0 Å². The Bertz CT molecular complexity index is 303. The molecule has 2 nitrogen and oxygen atoms in total. The summed E-state index contributed by atoms with van der Waals surface area (Å²) in [4.78, 5) is 2.61. The number of nitrogens with two attached hydrogens (primary N) is 1. The molecule has 19 heavy (non-hydrogen) atoms. The molecule has 110 valence electrons. The topological polar surface area (TPSA) is 29.3 Å². The Labute approximate surface area is 123 Å². The van der Waals surface area contributed by atoms with E-state index in [0.717, 1.165) is 6.42 Å². The first-order chi connectivity index (χ1) is 9.24. The molecule has 2 unspecified atom stereocenters. The average Bonchev–Trinajstić information content (AvgIpc) is 2.94. The highest BCUT2D eigenvalue weighted by molar-refractivity contribution is 7.07. The monoisotopic (exact) mass is 282 g/mol. The van der Waals surface area contributed by atoms with Gasteiger partial charge in [0, 0.05) is 6.04 Å². The predicted octanol–water partition coefficient (Wildman–Crippen LogP) is 4.43. The molecule has 0 fully saturated rings. The van der Waals surface area contributed by atoms with Gasteiger partial charge in [-0.25, -0.2) is 0 Å². The Kier molecular flexibility index (Phi) is 8.35. The number of unbranched alkanes of at least 4 members (excludes halogenated alkanes) is 2. The van der Waals surface area contributed by atoms with Gasteiger partial charge in [0.15, 0.2) is 0 Å². The van der Waals surface area contributed by atoms with Crippen LogP contribution >= 0.6 is 11.3 Å². The van der Waals surface area contributed by atoms with Gasteiger partial charge in [0.05, 0.1) is 6.04 Å². The van der Waals surface area contributed by atoms with Gasteiger partial charge in [-0.3, -0.25) is 4.90 Å². The maximum atomic E-state index is 6.42. The van der Waals surface area contributed by atoms with Crippen LogP contribution in [0, 0.1) is 0 Å². The molecule has 0 saturated carbocycles. The first-order valence-corrected chi connectivity index (χ1v) is 8.70. The third kappa shape index (κ3) is 5.25. The summed E-state index contributed by atoms with van der Waals surface area (Å²) in [5.41, 5.74) is 7.82. The summed E-state index contributed by atoms with van der Waals surface area (Å²) < 4.78 is 0. The largest absolute Gasteiger partial charge is 0.326 e. The molecule has 3 heteroatoms. The fraction of sp³-hybridized carbons (Fsp3) is 0.750. The van der Waals surface area contributed by atoms with Crippen molar-refractivity contribution in [1.29, 1.82) is 0 Å². The summed E-state index contributed by atoms with van der Waals surface area (Å²) in [6.45, 7) is 9.06. The Morgan fingerprint density at radius 2 is 1.79 bits per heavy atom. The average molecular weight is 282 g/mol. The standard InChI is InChI=1S/C16H30N2S/c1-4-7-10-18(11-8-5-2)16(15(17)6-3)14-9-12-19-13-14/h9,12-13,15-16H,4-8,10-11,17H2,1-3H3. The molecule has 0 spiro atoms. The maximum absolute atomic E-state index is 6.42. The highest BCUT2D eigenvalue weighted by atomic mass is 32.1. The zero-order valence-corrected chi connectivity index (χ0v) is 13.6. The molecule has 0 aliphatic carbocycles. The fourth-order valence-corrected chi connectivity index (χ4v) is 3.20. The van der Waals surface area contributed by atoms with Crippen LogP contribution in [0.2, 0.25) is 0 Å². The SMILES string of the molecule is CCCCN(CCCC)C(c1ccsc1)C(N)CC. The van der Waals surface area contributed by atoms with Crippen LogP contribution in [0.3, 0.4) is 0 Å². The van der Waals surface area contributed by atoms with E-state index in [1.165, 1.54) is 44.3 Å². The van der Waals surface area contributed by atoms with Gasteiger partial charge in [-0.15, -0.1) is 0 Å². The van der Waals surface area contributed by atoms with E-state index in [0.29, 0.717) is 6.04 Å². The minimum absolute atomic E-state index is 0.239. The lowest BCUT2D eigenvalue weighted by Crippen LogP contribution is -2.41. The number of nitrogens with zero attached hydrogens (tertiary/aromatic N) is 1. The summed E-state index contributed by atoms with van der Waals surface area (Å²) in [6, 6.07) is 2.88. The van der Waals surface area contributed by atoms with E-state index in [4.69, 9.17) is 5.73 Å². The van der Waals surface area contributed by atoms with Crippen molar-refractivity contribution < 1.29 is 0 Å². The third-order valence-corrected chi connectivity index (χ3v) is 4.45. The molecule has 0 amide bonds. The molecule has 0 bridgehead atoms. The number of hydrogen-bond acceptors (Lipinski definition) is 3. The predicted molar refractivity (Wildman–Crippen MR) is 86.7 cm³/mol. The van der Waals surface area contributed by atoms with Gasteiger partial charge < -0.3 is 5.73 Å². The number of rotatable bonds is 10. The lowest BCUT2D eigenvalue weighted by atomic mass is 9.98. The normalized spacial score (nSPS) is 14.8. The molecule has 1 rings (SSSR count). The van der Waals surface area contributed by atoms with Gasteiger partial charge in [-0.2, -0.15) is 11.3 Å². The number of thiophene rings is 1. The lowest BCUT2D eigenvalue weighted by Gasteiger charge is -2.35. The van der Waals surface area contributed by atoms with Gasteiger partial charge in [0.2, 0.25) is 0 Å². The molecule has 0 radical (unpaired) electrons. The second-order valence-electron chi connectivity index (χ2n) is 5.32. The van der Waals surface area contributed by atoms with Crippen LogP contribution in [0.5, 0.6) is 0 Å². The molecular weight excluding hydrogens is 252 g/mol. The lowest BCUT2D eigenvalue weighted by molar-refractivity contribution is 0.164. The van der Waals surface area contributed by atoms with E-state index < -0.39 is 0 Å². The first-order valence-electron chi connectivity index (χ1n) is 7.76. The molecule has 1 aromatic rings. The molecule has 2 atom stereocenters. The van der Waals surface area contributed by atoms with Crippen LogP contribution in [0.15, 0.2) is 16.8 Å². The highest BCUT2D eigenvalue weighted by Crippen LogP contribution is 2.27. The van der Waals surface area contributed by atoms with E-state index in [1.54, 1.807) is 11.3 Å². The molecular formula is C16H30N2S. The minimum atomic E-state index is 0.239. The summed E-state index contributed by atoms with van der Waals surface area (Å²) in [5.74, 6) is 0. The third-order valence-electron chi connectivity index (χ3n) is 3.75. The van der Waals surface area contributed by atoms with Crippen molar-refractivity contribution in [3.05, 3.63) is 22.4 Å². The Morgan fingerprint density at radius 1 is 1.16 bits per heavy atom. The van der Waals surface area contributed by atoms with Gasteiger partial charge in [-0.1, -0.05) is 33.6 Å². The molecule has 0 aliphatic heterocycles. The van der Waals surface area contributed by atoms with Crippen molar-refractivity contribution in [1.82, 2.24) is 4.90 Å². The Hall–Kier alpha value is -0.380. The summed E-state index contributed by atoms with van der Waals surface area (Å²) in [7, 11) is 0. The number of hydrogen-bond donors (Lipinski definition) is 1. The van der Waals surface area contributed by atoms with Crippen LogP contribution in [-0.4, -0.2) is 24.0 Å². The highest BCUT2D eigenvalue weighted by Gasteiger charge is 2.25. The van der Waals surface area contributed by atoms with Crippen molar-refractivity contribution in [3.8, 4) is 0 Å². The Morgan fingerprint density at radius 3 is 2.21 bits per heavy atom. The van der Waals surface area contributed by atoms with Crippen LogP contribution in [0.1, 0.15) is 64.5 Å². The fourth-order valence-electron chi connectivity index (χ4n) is 2.51. The second-order valence-corrected chi connectivity index (χ2v) is 6.10. The van der Waals surface area contributed by atoms with E-state index in [9.17, 15) is 0 Å². The quantitative estimate of drug-likeness (QED) is 0.688. The van der Waals surface area contributed by atoms with Crippen molar-refractivity contribution >= 4 is 11.3 Å². The smallest absolute Gasteiger partial charge is 0.0507 e. The summed E-state index contributed by atoms with van der Waals surface area (Å²) >= 11 is 1.78. The van der Waals surface area contributed by atoms with Gasteiger partial charge in [-0.05, 0) is 54.7 Å². The van der Waals surface area contributed by atoms with Gasteiger partial charge >= 0.3 is 0 Å². The molecule has 2 N–H and O–H groups in total. The zero-order valence-electron chi connectivity index (χ0n) is 12.8. The van der Waals surface area contributed by atoms with E-state index in [-0.39, 0.29) is 6.04 Å². The van der Waals surface area contributed by atoms with Crippen molar-refractivity contribution in [2.45, 2.75) is 65.0 Å². The Balaban J connectivity index is 2.82. The summed E-state index contributed by atoms with van der Waals surface area (Å²) in [5, 5.41) is 4.44. The first kappa shape index (κ1) is 16.7. The van der Waals surface area contributed by atoms with E-state index in [1.807, 2.05) is 0 Å². The molecule has 1 heterocycles. The molecule has 1 aromatic heterocycles. The molecule has 0 aromatic carbocycles. The van der Waals surface area contributed by atoms with Crippen LogP contribution in [0.4, 0.5) is 0 Å². The van der Waals surface area contributed by atoms with Gasteiger partial charge in [0.25, 0.3) is 0 Å². The van der Waals surface area contributed by atoms with Crippen molar-refractivity contribution in [2.24, 2.45) is 5.73 Å². The van der Waals surface area contributed by atoms with E-state index >= 15 is 0 Å². The van der Waals surface area contributed by atoms with Crippen molar-refractivity contribution in [3.63, 3.8) is 0 Å². The molecule has 0 aliphatic rings. The second kappa shape index (κ2) is 9.51. The maximum Gasteiger partial charge on any atom is 0.0507 e. The summed E-state index contributed by atoms with van der Waals surface area (Å²) in [6.07, 6.45) is 6.07. The van der Waals surface area contributed by atoms with E-state index in [2.05, 4.69) is 42.5 Å².